The summed E-state index contributed by atoms with van der Waals surface area (Å²) in [5, 5.41) is 8.17. The fraction of sp³-hybridized carbons (Fsp3) is 0.444. The Hall–Kier alpha value is -4.17. The molecule has 9 nitrogen and oxygen atoms in total. The molecule has 6 rings (SSSR count). The molecule has 1 atom stereocenters. The van der Waals surface area contributed by atoms with Crippen LogP contribution in [0.1, 0.15) is 26.2 Å². The van der Waals surface area contributed by atoms with Crippen molar-refractivity contribution in [3.8, 4) is 18.6 Å². The van der Waals surface area contributed by atoms with Crippen LogP contribution in [0.2, 0.25) is 0 Å². The second-order valence-electron chi connectivity index (χ2n) is 11.9. The van der Waals surface area contributed by atoms with Crippen LogP contribution in [0.5, 0.6) is 5.75 Å². The van der Waals surface area contributed by atoms with Crippen LogP contribution in [-0.4, -0.2) is 99.7 Å². The summed E-state index contributed by atoms with van der Waals surface area (Å²) in [6.45, 7) is 9.86. The number of ether oxygens (including phenoxy) is 2. The number of carbonyl (C=O) groups excluding carboxylic acids is 2. The third-order valence-corrected chi connectivity index (χ3v) is 8.79. The molecule has 4 aliphatic rings. The molecule has 1 unspecified atom stereocenters. The number of hydrogen-bond acceptors (Lipinski definition) is 8. The van der Waals surface area contributed by atoms with Gasteiger partial charge in [0.2, 0.25) is 0 Å². The second kappa shape index (κ2) is 15.9. The largest absolute Gasteiger partial charge is 0.482 e. The number of hydrogen-bond donors (Lipinski definition) is 2. The highest BCUT2D eigenvalue weighted by molar-refractivity contribution is 6.27. The summed E-state index contributed by atoms with van der Waals surface area (Å²) in [5.74, 6) is -0.928. The zero-order chi connectivity index (χ0) is 32.5. The van der Waals surface area contributed by atoms with Crippen LogP contribution in [0.3, 0.4) is 0 Å². The van der Waals surface area contributed by atoms with E-state index in [1.807, 2.05) is 48.2 Å². The van der Waals surface area contributed by atoms with Gasteiger partial charge in [-0.15, -0.1) is 12.8 Å². The number of morpholine rings is 1. The van der Waals surface area contributed by atoms with Crippen LogP contribution in [0, 0.1) is 12.8 Å². The Morgan fingerprint density at radius 2 is 1.70 bits per heavy atom. The average Bonchev–Trinajstić information content (AvgIpc) is 3.60. The van der Waals surface area contributed by atoms with Crippen molar-refractivity contribution in [2.45, 2.75) is 32.3 Å². The van der Waals surface area contributed by atoms with Gasteiger partial charge in [0.15, 0.2) is 5.78 Å². The number of fused-ring (bicyclic) bond motifs is 5. The fourth-order valence-electron chi connectivity index (χ4n) is 6.32. The maximum atomic E-state index is 16.0. The zero-order valence-corrected chi connectivity index (χ0v) is 26.6. The number of terminal acetylenes is 1. The van der Waals surface area contributed by atoms with Crippen LogP contribution < -0.4 is 20.3 Å². The molecule has 46 heavy (non-hydrogen) atoms. The van der Waals surface area contributed by atoms with E-state index >= 15 is 4.39 Å². The molecule has 0 aromatic heterocycles. The topological polar surface area (TPSA) is 86.4 Å². The third-order valence-electron chi connectivity index (χ3n) is 8.79. The summed E-state index contributed by atoms with van der Waals surface area (Å²) in [6, 6.07) is 11.9. The van der Waals surface area contributed by atoms with Crippen molar-refractivity contribution < 1.29 is 23.5 Å². The van der Waals surface area contributed by atoms with Gasteiger partial charge in [0.25, 0.3) is 5.91 Å². The number of amides is 1. The number of carbonyl (C=O) groups is 2. The molecule has 1 amide bonds. The lowest BCUT2D eigenvalue weighted by Gasteiger charge is -2.32. The number of anilines is 1. The van der Waals surface area contributed by atoms with Gasteiger partial charge in [-0.1, -0.05) is 24.3 Å². The summed E-state index contributed by atoms with van der Waals surface area (Å²) < 4.78 is 27.9. The molecule has 0 radical (unpaired) electrons. The molecular formula is C36H44FN5O4. The van der Waals surface area contributed by atoms with E-state index in [0.717, 1.165) is 69.7 Å². The lowest BCUT2D eigenvalue weighted by molar-refractivity contribution is -0.121. The van der Waals surface area contributed by atoms with Gasteiger partial charge in [-0.3, -0.25) is 14.5 Å². The molecule has 10 heteroatoms. The third kappa shape index (κ3) is 7.97. The van der Waals surface area contributed by atoms with E-state index in [4.69, 9.17) is 9.47 Å². The number of nitrogens with zero attached hydrogens (tertiary/aromatic N) is 3. The van der Waals surface area contributed by atoms with Crippen molar-refractivity contribution in [1.82, 2.24) is 20.4 Å². The number of ketones is 1. The van der Waals surface area contributed by atoms with E-state index in [9.17, 15) is 9.59 Å². The predicted octanol–water partition coefficient (Wildman–Crippen LogP) is 3.77. The number of allylic oxidation sites excluding steroid dienone is 2. The number of benzene rings is 2. The van der Waals surface area contributed by atoms with Crippen LogP contribution in [-0.2, 0) is 14.3 Å². The molecule has 2 aromatic carbocycles. The summed E-state index contributed by atoms with van der Waals surface area (Å²) >= 11 is 0. The Labute approximate surface area is 271 Å². The highest BCUT2D eigenvalue weighted by Gasteiger charge is 2.32. The highest BCUT2D eigenvalue weighted by atomic mass is 19.1. The highest BCUT2D eigenvalue weighted by Crippen LogP contribution is 2.38. The summed E-state index contributed by atoms with van der Waals surface area (Å²) in [6.07, 6.45) is 13.3. The van der Waals surface area contributed by atoms with E-state index in [1.165, 1.54) is 18.9 Å². The molecule has 2 aromatic rings. The molecule has 0 saturated carbocycles. The first-order valence-electron chi connectivity index (χ1n) is 16.2. The van der Waals surface area contributed by atoms with Gasteiger partial charge >= 0.3 is 0 Å². The first-order chi connectivity index (χ1) is 22.5. The van der Waals surface area contributed by atoms with Crippen LogP contribution in [0.25, 0.3) is 10.8 Å². The first kappa shape index (κ1) is 33.2. The smallest absolute Gasteiger partial charge is 0.256 e. The van der Waals surface area contributed by atoms with Gasteiger partial charge < -0.3 is 29.9 Å². The van der Waals surface area contributed by atoms with Gasteiger partial charge in [-0.25, -0.2) is 4.39 Å². The maximum Gasteiger partial charge on any atom is 0.256 e. The van der Waals surface area contributed by atoms with Gasteiger partial charge in [0.05, 0.1) is 31.1 Å². The van der Waals surface area contributed by atoms with Gasteiger partial charge in [-0.2, -0.15) is 0 Å². The Balaban J connectivity index is 0.00000204. The molecule has 2 saturated heterocycles. The van der Waals surface area contributed by atoms with Crippen molar-refractivity contribution in [2.75, 3.05) is 77.0 Å². The number of likely N-dealkylation sites (tertiary alicyclic amines) is 1. The summed E-state index contributed by atoms with van der Waals surface area (Å²) in [5.41, 5.74) is 1.21. The van der Waals surface area contributed by atoms with E-state index in [-0.39, 0.29) is 17.7 Å². The van der Waals surface area contributed by atoms with Crippen LogP contribution in [0.4, 0.5) is 10.1 Å². The normalized spacial score (nSPS) is 23.3. The Kier molecular flexibility index (Phi) is 11.5. The lowest BCUT2D eigenvalue weighted by Crippen LogP contribution is -2.40. The van der Waals surface area contributed by atoms with Gasteiger partial charge in [-0.05, 0) is 74.8 Å². The molecule has 4 aliphatic heterocycles. The van der Waals surface area contributed by atoms with Crippen molar-refractivity contribution in [3.05, 3.63) is 71.3 Å². The van der Waals surface area contributed by atoms with Gasteiger partial charge in [0.1, 0.15) is 23.3 Å². The zero-order valence-electron chi connectivity index (χ0n) is 26.6. The average molecular weight is 630 g/mol. The second-order valence-corrected chi connectivity index (χ2v) is 11.9. The first-order valence-corrected chi connectivity index (χ1v) is 16.2. The standard InChI is InChI=1S/C34H42FN5O4.C2H2/c1-24-32(36-10-14-38-11-4-5-12-38)29(35)19-27-22-40(30-20-25-7-2-3-8-26(25)21-31(30)44-24)23-28(33(27)41)34(42)37-9-6-13-39-15-17-43-18-16-39;1-2/h2-3,7-8,19-21,23-24,36H,4-6,9-18,22H2,1H3,(H,37,42);1-2H/b27-19+,32-29-;. The van der Waals surface area contributed by atoms with Crippen molar-refractivity contribution in [3.63, 3.8) is 0 Å². The lowest BCUT2D eigenvalue weighted by atomic mass is 9.96. The fourth-order valence-corrected chi connectivity index (χ4v) is 6.32. The van der Waals surface area contributed by atoms with E-state index < -0.39 is 23.6 Å². The molecule has 244 valence electrons. The molecule has 0 spiro atoms. The van der Waals surface area contributed by atoms with Crippen LogP contribution >= 0.6 is 0 Å². The Bertz CT molecular complexity index is 1520. The van der Waals surface area contributed by atoms with Crippen molar-refractivity contribution in [2.24, 2.45) is 0 Å². The maximum absolute atomic E-state index is 16.0. The number of halogens is 1. The van der Waals surface area contributed by atoms with Crippen molar-refractivity contribution in [1.29, 1.82) is 0 Å². The number of Topliss-reactive ketones (excluding diaryl/α,β-unsaturated/α-hetero) is 1. The number of rotatable bonds is 9. The minimum absolute atomic E-state index is 0.0158. The molecule has 2 bridgehead atoms. The molecule has 2 N–H and O–H groups in total. The predicted molar refractivity (Wildman–Crippen MR) is 179 cm³/mol. The van der Waals surface area contributed by atoms with E-state index in [2.05, 4.69) is 33.3 Å². The molecular weight excluding hydrogens is 585 g/mol. The summed E-state index contributed by atoms with van der Waals surface area (Å²) in [4.78, 5) is 33.5. The van der Waals surface area contributed by atoms with Crippen LogP contribution in [0.15, 0.2) is 71.3 Å². The summed E-state index contributed by atoms with van der Waals surface area (Å²) in [7, 11) is 0. The van der Waals surface area contributed by atoms with E-state index in [0.29, 0.717) is 30.2 Å². The Morgan fingerprint density at radius 1 is 1.00 bits per heavy atom. The molecule has 2 fully saturated rings. The van der Waals surface area contributed by atoms with E-state index in [1.54, 1.807) is 6.20 Å². The van der Waals surface area contributed by atoms with Gasteiger partial charge in [0, 0.05) is 44.5 Å². The monoisotopic (exact) mass is 629 g/mol. The minimum atomic E-state index is -0.640. The Morgan fingerprint density at radius 3 is 2.43 bits per heavy atom. The molecule has 4 heterocycles. The van der Waals surface area contributed by atoms with Crippen molar-refractivity contribution >= 4 is 28.2 Å². The molecule has 0 aliphatic carbocycles. The SMILES string of the molecule is C#C.CC1Oc2cc3ccccc3cc2N2C=C(C(=O)NCCCN3CCOCC3)C(=O)/C(=C/C(F)=C\1NCCN1CCCC1)C2. The quantitative estimate of drug-likeness (QED) is 0.247. The number of nitrogens with one attached hydrogen (secondary N) is 2. The minimum Gasteiger partial charge on any atom is -0.482 e.